The minimum absolute atomic E-state index is 0.376. The maximum absolute atomic E-state index is 5.79. The van der Waals surface area contributed by atoms with Gasteiger partial charge in [0.2, 0.25) is 5.96 Å². The standard InChI is InChI=1S/C12H24N4O/c1-9(2)8-14-12(15-13)16-6-7-17-11-5-3-4-10(11)16/h9-11H,3-8,13H2,1-2H3,(H,14,15). The van der Waals surface area contributed by atoms with Gasteiger partial charge in [0.1, 0.15) is 0 Å². The summed E-state index contributed by atoms with van der Waals surface area (Å²) >= 11 is 0. The fraction of sp³-hybridized carbons (Fsp3) is 0.917. The SMILES string of the molecule is CC(C)CN=C(NN)N1CCOC2CCCC21. The summed E-state index contributed by atoms with van der Waals surface area (Å²) in [7, 11) is 0. The lowest BCUT2D eigenvalue weighted by Gasteiger charge is -2.39. The summed E-state index contributed by atoms with van der Waals surface area (Å²) in [5.74, 6) is 7.00. The van der Waals surface area contributed by atoms with Crippen LogP contribution in [0.5, 0.6) is 0 Å². The van der Waals surface area contributed by atoms with Gasteiger partial charge in [0.25, 0.3) is 0 Å². The highest BCUT2D eigenvalue weighted by atomic mass is 16.5. The molecule has 1 aliphatic carbocycles. The first kappa shape index (κ1) is 12.6. The number of nitrogens with zero attached hydrogens (tertiary/aromatic N) is 2. The minimum atomic E-state index is 0.376. The third-order valence-corrected chi connectivity index (χ3v) is 3.49. The van der Waals surface area contributed by atoms with Crippen LogP contribution >= 0.6 is 0 Å². The molecule has 1 saturated carbocycles. The molecular weight excluding hydrogens is 216 g/mol. The highest BCUT2D eigenvalue weighted by Gasteiger charge is 2.37. The minimum Gasteiger partial charge on any atom is -0.374 e. The van der Waals surface area contributed by atoms with Crippen molar-refractivity contribution < 1.29 is 4.74 Å². The van der Waals surface area contributed by atoms with Crippen molar-refractivity contribution in [2.45, 2.75) is 45.3 Å². The molecule has 1 saturated heterocycles. The van der Waals surface area contributed by atoms with Crippen LogP contribution in [0, 0.1) is 5.92 Å². The number of nitrogens with two attached hydrogens (primary N) is 1. The number of rotatable bonds is 2. The number of hydrazine groups is 1. The van der Waals surface area contributed by atoms with E-state index in [0.29, 0.717) is 18.1 Å². The van der Waals surface area contributed by atoms with Crippen molar-refractivity contribution in [3.63, 3.8) is 0 Å². The fourth-order valence-electron chi connectivity index (χ4n) is 2.68. The average molecular weight is 240 g/mol. The van der Waals surface area contributed by atoms with Gasteiger partial charge in [-0.05, 0) is 25.2 Å². The smallest absolute Gasteiger partial charge is 0.208 e. The van der Waals surface area contributed by atoms with E-state index < -0.39 is 0 Å². The summed E-state index contributed by atoms with van der Waals surface area (Å²) in [6.07, 6.45) is 3.98. The van der Waals surface area contributed by atoms with Crippen LogP contribution in [0.1, 0.15) is 33.1 Å². The molecule has 3 N–H and O–H groups in total. The van der Waals surface area contributed by atoms with Crippen LogP contribution in [0.2, 0.25) is 0 Å². The molecule has 0 spiro atoms. The molecular formula is C12H24N4O. The van der Waals surface area contributed by atoms with Crippen molar-refractivity contribution in [1.82, 2.24) is 10.3 Å². The molecule has 2 aliphatic rings. The van der Waals surface area contributed by atoms with Crippen LogP contribution in [0.4, 0.5) is 0 Å². The number of hydrogen-bond donors (Lipinski definition) is 2. The Balaban J connectivity index is 2.04. The molecule has 2 unspecified atom stereocenters. The number of nitrogens with one attached hydrogen (secondary N) is 1. The van der Waals surface area contributed by atoms with E-state index in [1.54, 1.807) is 0 Å². The Morgan fingerprint density at radius 3 is 3.06 bits per heavy atom. The quantitative estimate of drug-likeness (QED) is 0.323. The summed E-state index contributed by atoms with van der Waals surface area (Å²) in [5, 5.41) is 0. The van der Waals surface area contributed by atoms with E-state index in [0.717, 1.165) is 25.7 Å². The first-order valence-electron chi connectivity index (χ1n) is 6.61. The van der Waals surface area contributed by atoms with Crippen LogP contribution in [0.3, 0.4) is 0 Å². The second-order valence-electron chi connectivity index (χ2n) is 5.30. The van der Waals surface area contributed by atoms with E-state index >= 15 is 0 Å². The van der Waals surface area contributed by atoms with Gasteiger partial charge >= 0.3 is 0 Å². The van der Waals surface area contributed by atoms with E-state index in [-0.39, 0.29) is 0 Å². The Morgan fingerprint density at radius 2 is 2.35 bits per heavy atom. The van der Waals surface area contributed by atoms with Gasteiger partial charge in [-0.3, -0.25) is 10.4 Å². The number of hydrogen-bond acceptors (Lipinski definition) is 3. The number of ether oxygens (including phenoxy) is 1. The largest absolute Gasteiger partial charge is 0.374 e. The van der Waals surface area contributed by atoms with Crippen molar-refractivity contribution >= 4 is 5.96 Å². The first-order chi connectivity index (χ1) is 8.22. The van der Waals surface area contributed by atoms with Crippen LogP contribution in [0.25, 0.3) is 0 Å². The molecule has 1 aliphatic heterocycles. The summed E-state index contributed by atoms with van der Waals surface area (Å²) < 4.78 is 5.79. The maximum atomic E-state index is 5.79. The van der Waals surface area contributed by atoms with Gasteiger partial charge in [0, 0.05) is 13.1 Å². The van der Waals surface area contributed by atoms with E-state index in [1.165, 1.54) is 19.3 Å². The lowest BCUT2D eigenvalue weighted by atomic mass is 10.1. The number of aliphatic imine (C=N–C) groups is 1. The van der Waals surface area contributed by atoms with Crippen molar-refractivity contribution in [1.29, 1.82) is 0 Å². The van der Waals surface area contributed by atoms with Crippen molar-refractivity contribution in [2.75, 3.05) is 19.7 Å². The third kappa shape index (κ3) is 2.90. The summed E-state index contributed by atoms with van der Waals surface area (Å²) in [4.78, 5) is 6.87. The molecule has 0 aromatic carbocycles. The Labute approximate surface area is 103 Å². The Kier molecular flexibility index (Phi) is 4.23. The van der Waals surface area contributed by atoms with Crippen LogP contribution < -0.4 is 11.3 Å². The lowest BCUT2D eigenvalue weighted by Crippen LogP contribution is -2.56. The van der Waals surface area contributed by atoms with Gasteiger partial charge in [-0.25, -0.2) is 5.84 Å². The predicted molar refractivity (Wildman–Crippen MR) is 68.5 cm³/mol. The van der Waals surface area contributed by atoms with E-state index in [2.05, 4.69) is 29.2 Å². The van der Waals surface area contributed by atoms with Crippen LogP contribution in [-0.2, 0) is 4.74 Å². The molecule has 2 fully saturated rings. The molecule has 5 nitrogen and oxygen atoms in total. The zero-order valence-corrected chi connectivity index (χ0v) is 10.9. The Hall–Kier alpha value is -0.810. The second-order valence-corrected chi connectivity index (χ2v) is 5.30. The Morgan fingerprint density at radius 1 is 1.53 bits per heavy atom. The molecule has 0 aromatic rings. The molecule has 0 bridgehead atoms. The summed E-state index contributed by atoms with van der Waals surface area (Å²) in [5.41, 5.74) is 2.76. The van der Waals surface area contributed by atoms with Crippen LogP contribution in [-0.4, -0.2) is 42.7 Å². The van der Waals surface area contributed by atoms with E-state index in [4.69, 9.17) is 10.6 Å². The normalized spacial score (nSPS) is 29.6. The van der Waals surface area contributed by atoms with Gasteiger partial charge < -0.3 is 9.64 Å². The van der Waals surface area contributed by atoms with Gasteiger partial charge in [-0.2, -0.15) is 0 Å². The van der Waals surface area contributed by atoms with Crippen LogP contribution in [0.15, 0.2) is 4.99 Å². The highest BCUT2D eigenvalue weighted by molar-refractivity contribution is 5.80. The maximum Gasteiger partial charge on any atom is 0.208 e. The number of fused-ring (bicyclic) bond motifs is 1. The first-order valence-corrected chi connectivity index (χ1v) is 6.61. The topological polar surface area (TPSA) is 62.9 Å². The molecule has 2 atom stereocenters. The van der Waals surface area contributed by atoms with Gasteiger partial charge in [-0.15, -0.1) is 0 Å². The van der Waals surface area contributed by atoms with Gasteiger partial charge in [0.05, 0.1) is 18.8 Å². The molecule has 2 rings (SSSR count). The fourth-order valence-corrected chi connectivity index (χ4v) is 2.68. The van der Waals surface area contributed by atoms with Crippen molar-refractivity contribution in [2.24, 2.45) is 16.8 Å². The Bertz CT molecular complexity index is 280. The molecule has 0 amide bonds. The monoisotopic (exact) mass is 240 g/mol. The summed E-state index contributed by atoms with van der Waals surface area (Å²) in [6, 6.07) is 0.464. The number of morpholine rings is 1. The van der Waals surface area contributed by atoms with Crippen molar-refractivity contribution in [3.05, 3.63) is 0 Å². The third-order valence-electron chi connectivity index (χ3n) is 3.49. The van der Waals surface area contributed by atoms with E-state index in [1.807, 2.05) is 0 Å². The van der Waals surface area contributed by atoms with E-state index in [9.17, 15) is 0 Å². The molecule has 5 heteroatoms. The van der Waals surface area contributed by atoms with Gasteiger partial charge in [-0.1, -0.05) is 13.8 Å². The number of guanidine groups is 1. The molecule has 17 heavy (non-hydrogen) atoms. The predicted octanol–water partition coefficient (Wildman–Crippen LogP) is 0.715. The molecule has 0 aromatic heterocycles. The highest BCUT2D eigenvalue weighted by Crippen LogP contribution is 2.29. The average Bonchev–Trinajstić information content (AvgIpc) is 2.78. The molecule has 0 radical (unpaired) electrons. The van der Waals surface area contributed by atoms with Gasteiger partial charge in [0.15, 0.2) is 0 Å². The van der Waals surface area contributed by atoms with Crippen molar-refractivity contribution in [3.8, 4) is 0 Å². The lowest BCUT2D eigenvalue weighted by molar-refractivity contribution is -0.0306. The molecule has 98 valence electrons. The zero-order chi connectivity index (χ0) is 12.3. The second kappa shape index (κ2) is 5.69. The molecule has 1 heterocycles. The summed E-state index contributed by atoms with van der Waals surface area (Å²) in [6.45, 7) is 6.81. The zero-order valence-electron chi connectivity index (χ0n) is 10.9.